The molecule has 1 atom stereocenters. The first-order valence-electron chi connectivity index (χ1n) is 7.11. The van der Waals surface area contributed by atoms with Gasteiger partial charge in [0, 0.05) is 30.9 Å². The zero-order chi connectivity index (χ0) is 15.5. The maximum absolute atomic E-state index is 11.9. The number of hydrogen-bond acceptors (Lipinski definition) is 4. The van der Waals surface area contributed by atoms with Gasteiger partial charge in [0.15, 0.2) is 5.65 Å². The zero-order valence-corrected chi connectivity index (χ0v) is 12.5. The minimum absolute atomic E-state index is 0.110. The molecule has 2 aromatic heterocycles. The first kappa shape index (κ1) is 14.3. The van der Waals surface area contributed by atoms with E-state index in [0.29, 0.717) is 12.2 Å². The Morgan fingerprint density at radius 2 is 2.23 bits per heavy atom. The van der Waals surface area contributed by atoms with Crippen molar-refractivity contribution in [2.24, 2.45) is 0 Å². The molecule has 6 heteroatoms. The number of nitrogens with zero attached hydrogens (tertiary/aromatic N) is 2. The van der Waals surface area contributed by atoms with Gasteiger partial charge in [0.1, 0.15) is 5.75 Å². The second kappa shape index (κ2) is 6.03. The molecule has 0 spiro atoms. The van der Waals surface area contributed by atoms with Crippen molar-refractivity contribution >= 4 is 5.65 Å². The summed E-state index contributed by atoms with van der Waals surface area (Å²) in [5, 5.41) is 6.20. The highest BCUT2D eigenvalue weighted by atomic mass is 16.5. The van der Waals surface area contributed by atoms with E-state index in [4.69, 9.17) is 4.74 Å². The lowest BCUT2D eigenvalue weighted by Crippen LogP contribution is -2.22. The number of hydrogen-bond donors (Lipinski definition) is 2. The molecule has 1 aromatic carbocycles. The van der Waals surface area contributed by atoms with Crippen LogP contribution in [0.3, 0.4) is 0 Å². The number of H-pyrrole nitrogens is 1. The average molecular weight is 298 g/mol. The quantitative estimate of drug-likeness (QED) is 0.754. The molecule has 0 radical (unpaired) electrons. The number of nitrogens with one attached hydrogen (secondary N) is 2. The third-order valence-electron chi connectivity index (χ3n) is 3.62. The molecule has 0 bridgehead atoms. The highest BCUT2D eigenvalue weighted by Crippen LogP contribution is 2.18. The molecule has 3 rings (SSSR count). The second-order valence-corrected chi connectivity index (χ2v) is 5.12. The fourth-order valence-corrected chi connectivity index (χ4v) is 2.35. The molecule has 1 unspecified atom stereocenters. The van der Waals surface area contributed by atoms with E-state index < -0.39 is 0 Å². The molecule has 0 aliphatic carbocycles. The summed E-state index contributed by atoms with van der Waals surface area (Å²) in [5.74, 6) is 0.830. The Kier molecular flexibility index (Phi) is 3.93. The fourth-order valence-electron chi connectivity index (χ4n) is 2.35. The van der Waals surface area contributed by atoms with Crippen molar-refractivity contribution in [2.45, 2.75) is 19.5 Å². The van der Waals surface area contributed by atoms with Crippen LogP contribution < -0.4 is 15.6 Å². The maximum Gasteiger partial charge on any atom is 0.272 e. The molecule has 0 aliphatic rings. The molecule has 3 aromatic rings. The standard InChI is InChI=1S/C16H18N4O2/c1-11(12-4-3-5-14(8-12)22-2)17-10-13-9-16(21)20-15(19-13)6-7-18-20/h3-9,11,17-18H,10H2,1-2H3. The van der Waals surface area contributed by atoms with Crippen LogP contribution in [-0.4, -0.2) is 21.7 Å². The van der Waals surface area contributed by atoms with E-state index in [9.17, 15) is 4.79 Å². The molecule has 2 N–H and O–H groups in total. The lowest BCUT2D eigenvalue weighted by Gasteiger charge is -2.14. The van der Waals surface area contributed by atoms with E-state index in [0.717, 1.165) is 17.0 Å². The first-order valence-corrected chi connectivity index (χ1v) is 7.11. The van der Waals surface area contributed by atoms with Crippen molar-refractivity contribution in [1.29, 1.82) is 0 Å². The van der Waals surface area contributed by atoms with Crippen LogP contribution in [0.1, 0.15) is 24.2 Å². The van der Waals surface area contributed by atoms with E-state index in [2.05, 4.69) is 22.3 Å². The van der Waals surface area contributed by atoms with Crippen molar-refractivity contribution in [3.8, 4) is 5.75 Å². The smallest absolute Gasteiger partial charge is 0.272 e. The number of aromatic nitrogens is 3. The molecule has 0 aliphatic heterocycles. The summed E-state index contributed by atoms with van der Waals surface area (Å²) in [5.41, 5.74) is 2.36. The summed E-state index contributed by atoms with van der Waals surface area (Å²) in [4.78, 5) is 16.3. The van der Waals surface area contributed by atoms with E-state index in [1.54, 1.807) is 19.4 Å². The first-order chi connectivity index (χ1) is 10.7. The Hall–Kier alpha value is -2.60. The Balaban J connectivity index is 1.74. The van der Waals surface area contributed by atoms with Crippen molar-refractivity contribution in [1.82, 2.24) is 19.9 Å². The van der Waals surface area contributed by atoms with Crippen LogP contribution >= 0.6 is 0 Å². The number of methoxy groups -OCH3 is 1. The van der Waals surface area contributed by atoms with Crippen LogP contribution in [0.15, 0.2) is 47.4 Å². The van der Waals surface area contributed by atoms with Crippen LogP contribution in [0.5, 0.6) is 5.75 Å². The van der Waals surface area contributed by atoms with Crippen LogP contribution in [-0.2, 0) is 6.54 Å². The molecule has 6 nitrogen and oxygen atoms in total. The molecule has 2 heterocycles. The Bertz CT molecular complexity index is 837. The van der Waals surface area contributed by atoms with Gasteiger partial charge in [0.25, 0.3) is 5.56 Å². The molecule has 0 saturated heterocycles. The normalized spacial score (nSPS) is 12.5. The minimum atomic E-state index is -0.110. The number of aromatic amines is 1. The molecular formula is C16H18N4O2. The lowest BCUT2D eigenvalue weighted by molar-refractivity contribution is 0.413. The zero-order valence-electron chi connectivity index (χ0n) is 12.5. The number of rotatable bonds is 5. The highest BCUT2D eigenvalue weighted by molar-refractivity contribution is 5.36. The van der Waals surface area contributed by atoms with Gasteiger partial charge in [-0.25, -0.2) is 9.50 Å². The van der Waals surface area contributed by atoms with Gasteiger partial charge < -0.3 is 10.1 Å². The topological polar surface area (TPSA) is 71.4 Å². The SMILES string of the molecule is COc1cccc(C(C)NCc2cc(=O)n3[nH]ccc3n2)c1. The largest absolute Gasteiger partial charge is 0.497 e. The lowest BCUT2D eigenvalue weighted by atomic mass is 10.1. The van der Waals surface area contributed by atoms with Crippen molar-refractivity contribution in [3.63, 3.8) is 0 Å². The minimum Gasteiger partial charge on any atom is -0.497 e. The van der Waals surface area contributed by atoms with Crippen LogP contribution in [0.25, 0.3) is 5.65 Å². The molecule has 22 heavy (non-hydrogen) atoms. The van der Waals surface area contributed by atoms with Gasteiger partial charge in [-0.1, -0.05) is 12.1 Å². The van der Waals surface area contributed by atoms with Crippen molar-refractivity contribution in [2.75, 3.05) is 7.11 Å². The van der Waals surface area contributed by atoms with Gasteiger partial charge in [-0.3, -0.25) is 9.89 Å². The van der Waals surface area contributed by atoms with E-state index >= 15 is 0 Å². The van der Waals surface area contributed by atoms with Crippen LogP contribution in [0.2, 0.25) is 0 Å². The average Bonchev–Trinajstić information content (AvgIpc) is 3.01. The van der Waals surface area contributed by atoms with Gasteiger partial charge in [-0.2, -0.15) is 0 Å². The second-order valence-electron chi connectivity index (χ2n) is 5.12. The van der Waals surface area contributed by atoms with Gasteiger partial charge in [0.05, 0.1) is 12.8 Å². The molecule has 114 valence electrons. The summed E-state index contributed by atoms with van der Waals surface area (Å²) >= 11 is 0. The maximum atomic E-state index is 11.9. The molecular weight excluding hydrogens is 280 g/mol. The Morgan fingerprint density at radius 3 is 3.05 bits per heavy atom. The van der Waals surface area contributed by atoms with Gasteiger partial charge >= 0.3 is 0 Å². The predicted octanol–water partition coefficient (Wildman–Crippen LogP) is 1.88. The summed E-state index contributed by atoms with van der Waals surface area (Å²) in [7, 11) is 1.65. The van der Waals surface area contributed by atoms with Crippen LogP contribution in [0.4, 0.5) is 0 Å². The summed E-state index contributed by atoms with van der Waals surface area (Å²) in [6.45, 7) is 2.59. The number of fused-ring (bicyclic) bond motifs is 1. The summed E-state index contributed by atoms with van der Waals surface area (Å²) < 4.78 is 6.65. The third-order valence-corrected chi connectivity index (χ3v) is 3.62. The monoisotopic (exact) mass is 298 g/mol. The van der Waals surface area contributed by atoms with E-state index in [1.807, 2.05) is 24.3 Å². The molecule has 0 fully saturated rings. The predicted molar refractivity (Wildman–Crippen MR) is 84.1 cm³/mol. The van der Waals surface area contributed by atoms with E-state index in [-0.39, 0.29) is 11.6 Å². The Morgan fingerprint density at radius 1 is 1.36 bits per heavy atom. The van der Waals surface area contributed by atoms with E-state index in [1.165, 1.54) is 10.6 Å². The van der Waals surface area contributed by atoms with Crippen molar-refractivity contribution < 1.29 is 4.74 Å². The van der Waals surface area contributed by atoms with Gasteiger partial charge in [-0.05, 0) is 24.6 Å². The fraction of sp³-hybridized carbons (Fsp3) is 0.250. The Labute approximate surface area is 127 Å². The van der Waals surface area contributed by atoms with Crippen molar-refractivity contribution in [3.05, 3.63) is 64.2 Å². The summed E-state index contributed by atoms with van der Waals surface area (Å²) in [6.07, 6.45) is 1.69. The highest BCUT2D eigenvalue weighted by Gasteiger charge is 2.08. The number of benzene rings is 1. The third kappa shape index (κ3) is 2.87. The van der Waals surface area contributed by atoms with Crippen LogP contribution in [0, 0.1) is 0 Å². The molecule has 0 saturated carbocycles. The summed E-state index contributed by atoms with van der Waals surface area (Å²) in [6, 6.07) is 11.3. The van der Waals surface area contributed by atoms with Gasteiger partial charge in [-0.15, -0.1) is 0 Å². The van der Waals surface area contributed by atoms with Gasteiger partial charge in [0.2, 0.25) is 0 Å². The number of ether oxygens (including phenoxy) is 1. The molecule has 0 amide bonds.